The van der Waals surface area contributed by atoms with E-state index in [1.54, 1.807) is 0 Å². The molecular weight excluding hydrogens is 256 g/mol. The topological polar surface area (TPSA) is 80.3 Å². The Balaban J connectivity index is 2.77. The van der Waals surface area contributed by atoms with Gasteiger partial charge in [0.1, 0.15) is 24.9 Å². The molecule has 4 atom stereocenters. The Kier molecular flexibility index (Phi) is 6.20. The molecule has 1 aliphatic heterocycles. The Morgan fingerprint density at radius 1 is 1.11 bits per heavy atom. The van der Waals surface area contributed by atoms with Crippen molar-refractivity contribution in [3.8, 4) is 0 Å². The first-order chi connectivity index (χ1) is 8.99. The lowest BCUT2D eigenvalue weighted by atomic mass is 10.00. The maximum Gasteiger partial charge on any atom is 0.303 e. The molecule has 110 valence electrons. The maximum atomic E-state index is 11.2. The largest absolute Gasteiger partial charge is 0.463 e. The van der Waals surface area contributed by atoms with Crippen molar-refractivity contribution in [3.63, 3.8) is 0 Å². The third kappa shape index (κ3) is 4.45. The van der Waals surface area contributed by atoms with E-state index in [2.05, 4.69) is 0 Å². The number of carbonyl (C=O) groups excluding carboxylic acids is 2. The number of carbonyl (C=O) groups is 2. The van der Waals surface area contributed by atoms with Crippen LogP contribution in [-0.4, -0.2) is 63.8 Å². The Bertz CT molecular complexity index is 317. The second-order valence-corrected chi connectivity index (χ2v) is 4.22. The Labute approximate surface area is 112 Å². The fourth-order valence-corrected chi connectivity index (χ4v) is 2.00. The molecule has 1 heterocycles. The summed E-state index contributed by atoms with van der Waals surface area (Å²) < 4.78 is 26.2. The molecule has 1 aliphatic rings. The molecule has 1 rings (SSSR count). The summed E-state index contributed by atoms with van der Waals surface area (Å²) in [5, 5.41) is 0. The van der Waals surface area contributed by atoms with Gasteiger partial charge in [0.05, 0.1) is 6.61 Å². The summed E-state index contributed by atoms with van der Waals surface area (Å²) in [4.78, 5) is 22.0. The average molecular weight is 276 g/mol. The molecule has 0 amide bonds. The van der Waals surface area contributed by atoms with Crippen molar-refractivity contribution in [3.05, 3.63) is 0 Å². The van der Waals surface area contributed by atoms with Gasteiger partial charge in [0.2, 0.25) is 0 Å². The minimum atomic E-state index is -0.680. The number of hydrogen-bond donors (Lipinski definition) is 0. The predicted octanol–water partition coefficient (Wildman–Crippen LogP) is -0.0900. The number of esters is 2. The molecule has 0 radical (unpaired) electrons. The minimum absolute atomic E-state index is 0.00355. The molecule has 1 saturated heterocycles. The second-order valence-electron chi connectivity index (χ2n) is 4.22. The van der Waals surface area contributed by atoms with E-state index in [9.17, 15) is 9.59 Å². The maximum absolute atomic E-state index is 11.2. The van der Waals surface area contributed by atoms with E-state index >= 15 is 0 Å². The van der Waals surface area contributed by atoms with Crippen molar-refractivity contribution in [2.24, 2.45) is 0 Å². The zero-order valence-electron chi connectivity index (χ0n) is 11.6. The van der Waals surface area contributed by atoms with Crippen molar-refractivity contribution in [1.82, 2.24) is 0 Å². The average Bonchev–Trinajstić information content (AvgIpc) is 2.35. The van der Waals surface area contributed by atoms with Gasteiger partial charge in [-0.3, -0.25) is 9.59 Å². The Morgan fingerprint density at radius 3 is 2.26 bits per heavy atom. The van der Waals surface area contributed by atoms with Gasteiger partial charge in [-0.1, -0.05) is 0 Å². The van der Waals surface area contributed by atoms with Gasteiger partial charge in [0, 0.05) is 28.1 Å². The lowest BCUT2D eigenvalue weighted by Gasteiger charge is -2.40. The van der Waals surface area contributed by atoms with Crippen LogP contribution in [0.1, 0.15) is 13.8 Å². The van der Waals surface area contributed by atoms with Crippen LogP contribution in [0.15, 0.2) is 0 Å². The smallest absolute Gasteiger partial charge is 0.303 e. The SMILES string of the molecule is CO[C@@H]1[C@@H](OC(C)=O)[C@@H](COC(C)=O)OC[C@@H]1OC. The monoisotopic (exact) mass is 276 g/mol. The molecule has 0 spiro atoms. The van der Waals surface area contributed by atoms with Crippen LogP contribution in [0.25, 0.3) is 0 Å². The minimum Gasteiger partial charge on any atom is -0.463 e. The standard InChI is InChI=1S/C12H20O7/c1-7(13)17-6-10-12(19-8(2)14)11(16-4)9(15-3)5-18-10/h9-12H,5-6H2,1-4H3/t9-,10+,11-,12-/m0/s1. The first-order valence-electron chi connectivity index (χ1n) is 5.97. The van der Waals surface area contributed by atoms with Crippen LogP contribution in [-0.2, 0) is 33.3 Å². The highest BCUT2D eigenvalue weighted by atomic mass is 16.6. The first-order valence-corrected chi connectivity index (χ1v) is 5.97. The third-order valence-electron chi connectivity index (χ3n) is 2.86. The van der Waals surface area contributed by atoms with Gasteiger partial charge in [-0.15, -0.1) is 0 Å². The molecule has 0 aromatic heterocycles. The van der Waals surface area contributed by atoms with Gasteiger partial charge in [-0.25, -0.2) is 0 Å². The van der Waals surface area contributed by atoms with Crippen LogP contribution in [0.4, 0.5) is 0 Å². The van der Waals surface area contributed by atoms with Crippen LogP contribution in [0, 0.1) is 0 Å². The van der Waals surface area contributed by atoms with E-state index in [1.165, 1.54) is 28.1 Å². The number of rotatable bonds is 5. The number of hydrogen-bond acceptors (Lipinski definition) is 7. The van der Waals surface area contributed by atoms with E-state index in [0.717, 1.165) is 0 Å². The van der Waals surface area contributed by atoms with Crippen LogP contribution in [0.2, 0.25) is 0 Å². The van der Waals surface area contributed by atoms with Gasteiger partial charge in [-0.2, -0.15) is 0 Å². The fraction of sp³-hybridized carbons (Fsp3) is 0.833. The molecule has 0 aromatic carbocycles. The molecule has 0 aliphatic carbocycles. The highest BCUT2D eigenvalue weighted by Crippen LogP contribution is 2.23. The molecule has 0 aromatic rings. The summed E-state index contributed by atoms with van der Waals surface area (Å²) in [5.74, 6) is -0.881. The van der Waals surface area contributed by atoms with Crippen LogP contribution < -0.4 is 0 Å². The molecule has 0 N–H and O–H groups in total. The molecule has 1 fully saturated rings. The van der Waals surface area contributed by atoms with Gasteiger partial charge < -0.3 is 23.7 Å². The summed E-state index contributed by atoms with van der Waals surface area (Å²) >= 11 is 0. The van der Waals surface area contributed by atoms with Crippen molar-refractivity contribution in [1.29, 1.82) is 0 Å². The lowest BCUT2D eigenvalue weighted by molar-refractivity contribution is -0.225. The fourth-order valence-electron chi connectivity index (χ4n) is 2.00. The van der Waals surface area contributed by atoms with Crippen LogP contribution >= 0.6 is 0 Å². The van der Waals surface area contributed by atoms with Crippen LogP contribution in [0.5, 0.6) is 0 Å². The molecule has 0 unspecified atom stereocenters. The highest BCUT2D eigenvalue weighted by Gasteiger charge is 2.43. The molecule has 19 heavy (non-hydrogen) atoms. The number of methoxy groups -OCH3 is 2. The van der Waals surface area contributed by atoms with Crippen LogP contribution in [0.3, 0.4) is 0 Å². The van der Waals surface area contributed by atoms with Gasteiger partial charge in [0.25, 0.3) is 0 Å². The zero-order valence-corrected chi connectivity index (χ0v) is 11.6. The Morgan fingerprint density at radius 2 is 1.79 bits per heavy atom. The van der Waals surface area contributed by atoms with E-state index in [1.807, 2.05) is 0 Å². The third-order valence-corrected chi connectivity index (χ3v) is 2.86. The molecule has 0 bridgehead atoms. The predicted molar refractivity (Wildman–Crippen MR) is 63.5 cm³/mol. The first kappa shape index (κ1) is 15.9. The second kappa shape index (κ2) is 7.42. The van der Waals surface area contributed by atoms with E-state index < -0.39 is 30.3 Å². The summed E-state index contributed by atoms with van der Waals surface area (Å²) in [6.45, 7) is 2.88. The van der Waals surface area contributed by atoms with Crippen molar-refractivity contribution in [2.45, 2.75) is 38.3 Å². The van der Waals surface area contributed by atoms with E-state index in [0.29, 0.717) is 0 Å². The molecule has 7 heteroatoms. The normalized spacial score (nSPS) is 30.7. The number of ether oxygens (including phenoxy) is 5. The van der Waals surface area contributed by atoms with Gasteiger partial charge >= 0.3 is 11.9 Å². The highest BCUT2D eigenvalue weighted by molar-refractivity contribution is 5.66. The van der Waals surface area contributed by atoms with Crippen molar-refractivity contribution >= 4 is 11.9 Å². The molecule has 7 nitrogen and oxygen atoms in total. The van der Waals surface area contributed by atoms with E-state index in [4.69, 9.17) is 23.7 Å². The summed E-state index contributed by atoms with van der Waals surface area (Å²) in [6, 6.07) is 0. The Hall–Kier alpha value is -1.18. The quantitative estimate of drug-likeness (QED) is 0.649. The lowest BCUT2D eigenvalue weighted by Crippen LogP contribution is -2.57. The van der Waals surface area contributed by atoms with Gasteiger partial charge in [-0.05, 0) is 0 Å². The molecule has 0 saturated carbocycles. The summed E-state index contributed by atoms with van der Waals surface area (Å²) in [5.41, 5.74) is 0. The zero-order chi connectivity index (χ0) is 14.4. The molecular formula is C12H20O7. The van der Waals surface area contributed by atoms with Gasteiger partial charge in [0.15, 0.2) is 6.10 Å². The summed E-state index contributed by atoms with van der Waals surface area (Å²) in [7, 11) is 3.03. The van der Waals surface area contributed by atoms with Crippen molar-refractivity contribution < 1.29 is 33.3 Å². The summed E-state index contributed by atoms with van der Waals surface area (Å²) in [6.07, 6.45) is -2.06. The van der Waals surface area contributed by atoms with Crippen molar-refractivity contribution in [2.75, 3.05) is 27.4 Å². The van der Waals surface area contributed by atoms with E-state index in [-0.39, 0.29) is 19.3 Å².